The van der Waals surface area contributed by atoms with Crippen LogP contribution in [-0.4, -0.2) is 53.8 Å². The molecule has 3 aromatic carbocycles. The summed E-state index contributed by atoms with van der Waals surface area (Å²) >= 11 is 6.62. The molecule has 1 fully saturated rings. The summed E-state index contributed by atoms with van der Waals surface area (Å²) in [7, 11) is 2.03. The van der Waals surface area contributed by atoms with Crippen LogP contribution < -0.4 is 11.1 Å². The summed E-state index contributed by atoms with van der Waals surface area (Å²) in [6.07, 6.45) is 1.52. The average Bonchev–Trinajstić information content (AvgIpc) is 3.54. The van der Waals surface area contributed by atoms with Gasteiger partial charge in [-0.15, -0.1) is 0 Å². The Morgan fingerprint density at radius 1 is 1.07 bits per heavy atom. The summed E-state index contributed by atoms with van der Waals surface area (Å²) < 4.78 is 6.16. The van der Waals surface area contributed by atoms with Crippen LogP contribution in [0.25, 0.3) is 11.3 Å². The minimum Gasteiger partial charge on any atom is -0.460 e. The lowest BCUT2D eigenvalue weighted by Crippen LogP contribution is -2.54. The Morgan fingerprint density at radius 3 is 2.43 bits per heavy atom. The van der Waals surface area contributed by atoms with Crippen molar-refractivity contribution >= 4 is 23.4 Å². The SMILES string of the molecule is Cc1ccc([C@@H](C)NCc2ccc(-c3ccc(Cl)c(C(=O)N(C(=O)[C@H](N)Cc4ccc(C#N)cc4)C4CCN(C)CC4)c3)o2)cc1. The summed E-state index contributed by atoms with van der Waals surface area (Å²) in [4.78, 5) is 31.7. The summed E-state index contributed by atoms with van der Waals surface area (Å²) in [5, 5.41) is 12.9. The molecule has 0 radical (unpaired) electrons. The van der Waals surface area contributed by atoms with Crippen LogP contribution in [-0.2, 0) is 17.8 Å². The Bertz CT molecular complexity index is 1700. The molecule has 238 valence electrons. The normalized spacial score (nSPS) is 15.2. The van der Waals surface area contributed by atoms with Crippen molar-refractivity contribution in [3.63, 3.8) is 0 Å². The van der Waals surface area contributed by atoms with Gasteiger partial charge in [-0.3, -0.25) is 14.5 Å². The molecule has 0 spiro atoms. The van der Waals surface area contributed by atoms with Crippen LogP contribution in [0.3, 0.4) is 0 Å². The Kier molecular flexibility index (Phi) is 10.7. The number of carbonyl (C=O) groups is 2. The van der Waals surface area contributed by atoms with E-state index in [0.717, 1.165) is 24.4 Å². The van der Waals surface area contributed by atoms with Crippen LogP contribution in [0.1, 0.15) is 64.2 Å². The summed E-state index contributed by atoms with van der Waals surface area (Å²) in [5.41, 5.74) is 11.1. The van der Waals surface area contributed by atoms with Gasteiger partial charge in [-0.05, 0) is 107 Å². The highest BCUT2D eigenvalue weighted by Gasteiger charge is 2.36. The van der Waals surface area contributed by atoms with Gasteiger partial charge in [0.05, 0.1) is 34.8 Å². The third-order valence-electron chi connectivity index (χ3n) is 8.67. The second-order valence-electron chi connectivity index (χ2n) is 12.1. The number of aryl methyl sites for hydroxylation is 1. The van der Waals surface area contributed by atoms with Gasteiger partial charge in [-0.25, -0.2) is 0 Å². The van der Waals surface area contributed by atoms with Gasteiger partial charge in [0.1, 0.15) is 11.5 Å². The van der Waals surface area contributed by atoms with E-state index in [1.165, 1.54) is 16.0 Å². The van der Waals surface area contributed by atoms with E-state index in [1.807, 2.05) is 25.2 Å². The molecule has 46 heavy (non-hydrogen) atoms. The molecule has 8 nitrogen and oxygen atoms in total. The quantitative estimate of drug-likeness (QED) is 0.211. The first-order chi connectivity index (χ1) is 22.1. The van der Waals surface area contributed by atoms with E-state index in [2.05, 4.69) is 54.4 Å². The van der Waals surface area contributed by atoms with Crippen molar-refractivity contribution in [3.05, 3.63) is 117 Å². The van der Waals surface area contributed by atoms with Crippen LogP contribution in [0, 0.1) is 18.3 Å². The number of halogens is 1. The van der Waals surface area contributed by atoms with E-state index in [1.54, 1.807) is 36.4 Å². The first-order valence-corrected chi connectivity index (χ1v) is 16.0. The first-order valence-electron chi connectivity index (χ1n) is 15.6. The molecule has 2 heterocycles. The predicted octanol–water partition coefficient (Wildman–Crippen LogP) is 6.26. The predicted molar refractivity (Wildman–Crippen MR) is 180 cm³/mol. The molecule has 1 aliphatic heterocycles. The number of nitriles is 1. The molecular weight excluding hydrogens is 598 g/mol. The molecule has 1 aliphatic rings. The van der Waals surface area contributed by atoms with E-state index in [0.29, 0.717) is 36.3 Å². The number of likely N-dealkylation sites (tertiary alicyclic amines) is 1. The van der Waals surface area contributed by atoms with Gasteiger partial charge in [0, 0.05) is 17.6 Å². The highest BCUT2D eigenvalue weighted by molar-refractivity contribution is 6.34. The van der Waals surface area contributed by atoms with Gasteiger partial charge in [0.2, 0.25) is 5.91 Å². The highest BCUT2D eigenvalue weighted by Crippen LogP contribution is 2.30. The third kappa shape index (κ3) is 7.93. The zero-order chi connectivity index (χ0) is 32.8. The summed E-state index contributed by atoms with van der Waals surface area (Å²) in [5.74, 6) is 0.440. The van der Waals surface area contributed by atoms with Crippen LogP contribution in [0.15, 0.2) is 83.3 Å². The van der Waals surface area contributed by atoms with E-state index < -0.39 is 17.9 Å². The number of nitrogens with one attached hydrogen (secondary N) is 1. The lowest BCUT2D eigenvalue weighted by Gasteiger charge is -2.37. The van der Waals surface area contributed by atoms with Crippen molar-refractivity contribution in [1.82, 2.24) is 15.1 Å². The number of benzene rings is 3. The molecule has 0 aliphatic carbocycles. The van der Waals surface area contributed by atoms with Crippen molar-refractivity contribution in [2.75, 3.05) is 20.1 Å². The zero-order valence-electron chi connectivity index (χ0n) is 26.5. The minimum atomic E-state index is -0.944. The van der Waals surface area contributed by atoms with E-state index in [-0.39, 0.29) is 29.1 Å². The van der Waals surface area contributed by atoms with Gasteiger partial charge in [0.15, 0.2) is 0 Å². The maximum absolute atomic E-state index is 14.2. The maximum atomic E-state index is 14.2. The van der Waals surface area contributed by atoms with Gasteiger partial charge in [-0.2, -0.15) is 5.26 Å². The zero-order valence-corrected chi connectivity index (χ0v) is 27.3. The topological polar surface area (TPSA) is 116 Å². The van der Waals surface area contributed by atoms with Gasteiger partial charge in [-0.1, -0.05) is 53.6 Å². The Morgan fingerprint density at radius 2 is 1.76 bits per heavy atom. The molecule has 1 aromatic heterocycles. The van der Waals surface area contributed by atoms with Gasteiger partial charge >= 0.3 is 0 Å². The maximum Gasteiger partial charge on any atom is 0.262 e. The molecule has 4 aromatic rings. The first kappa shape index (κ1) is 33.1. The average molecular weight is 638 g/mol. The van der Waals surface area contributed by atoms with Crippen LogP contribution in [0.5, 0.6) is 0 Å². The van der Waals surface area contributed by atoms with Crippen molar-refractivity contribution in [2.24, 2.45) is 5.73 Å². The molecule has 1 saturated heterocycles. The third-order valence-corrected chi connectivity index (χ3v) is 9.00. The number of furan rings is 1. The molecule has 0 unspecified atom stereocenters. The second kappa shape index (κ2) is 14.9. The highest BCUT2D eigenvalue weighted by atomic mass is 35.5. The fourth-order valence-corrected chi connectivity index (χ4v) is 5.96. The number of rotatable bonds is 10. The number of nitrogens with zero attached hydrogens (tertiary/aromatic N) is 3. The van der Waals surface area contributed by atoms with Crippen LogP contribution in [0.2, 0.25) is 5.02 Å². The fraction of sp³-hybridized carbons (Fsp3) is 0.324. The molecular formula is C37H40ClN5O3. The summed E-state index contributed by atoms with van der Waals surface area (Å²) in [6.45, 7) is 6.22. The smallest absolute Gasteiger partial charge is 0.262 e. The number of nitrogens with two attached hydrogens (primary N) is 1. The van der Waals surface area contributed by atoms with E-state index >= 15 is 0 Å². The second-order valence-corrected chi connectivity index (χ2v) is 12.5. The molecule has 9 heteroatoms. The minimum absolute atomic E-state index is 0.139. The van der Waals surface area contributed by atoms with Crippen molar-refractivity contribution in [2.45, 2.75) is 57.8 Å². The summed E-state index contributed by atoms with van der Waals surface area (Å²) in [6, 6.07) is 25.3. The molecule has 0 bridgehead atoms. The Labute approximate surface area is 275 Å². The van der Waals surface area contributed by atoms with Crippen molar-refractivity contribution in [3.8, 4) is 17.4 Å². The fourth-order valence-electron chi connectivity index (χ4n) is 5.76. The van der Waals surface area contributed by atoms with Crippen molar-refractivity contribution < 1.29 is 14.0 Å². The number of imide groups is 1. The van der Waals surface area contributed by atoms with Gasteiger partial charge < -0.3 is 20.4 Å². The number of carbonyl (C=O) groups excluding carboxylic acids is 2. The number of amides is 2. The lowest BCUT2D eigenvalue weighted by atomic mass is 9.98. The standard InChI is InChI=1S/C37H40ClN5O3/c1-24-4-10-28(11-5-24)25(2)41-23-31-13-15-35(46-31)29-12-14-33(38)32(21-29)36(44)43(30-16-18-42(3)19-17-30)37(45)34(40)20-26-6-8-27(22-39)9-7-26/h4-15,21,25,30,34,41H,16-20,23,40H2,1-3H3/t25-,34-/m1/s1. The number of hydrogen-bond acceptors (Lipinski definition) is 7. The van der Waals surface area contributed by atoms with Crippen LogP contribution >= 0.6 is 11.6 Å². The largest absolute Gasteiger partial charge is 0.460 e. The lowest BCUT2D eigenvalue weighted by molar-refractivity contribution is -0.132. The molecule has 5 rings (SSSR count). The Balaban J connectivity index is 1.35. The van der Waals surface area contributed by atoms with E-state index in [4.69, 9.17) is 27.0 Å². The van der Waals surface area contributed by atoms with Crippen molar-refractivity contribution in [1.29, 1.82) is 5.26 Å². The number of piperidine rings is 1. The van der Waals surface area contributed by atoms with Crippen LogP contribution in [0.4, 0.5) is 0 Å². The molecule has 0 saturated carbocycles. The number of hydrogen-bond donors (Lipinski definition) is 2. The molecule has 2 atom stereocenters. The van der Waals surface area contributed by atoms with E-state index in [9.17, 15) is 9.59 Å². The Hall–Kier alpha value is -4.26. The van der Waals surface area contributed by atoms with Gasteiger partial charge in [0.25, 0.3) is 5.91 Å². The monoisotopic (exact) mass is 637 g/mol. The molecule has 3 N–H and O–H groups in total. The molecule has 2 amide bonds.